The Labute approximate surface area is 160 Å². The number of nitrogens with one attached hydrogen (secondary N) is 1. The largest absolute Gasteiger partial charge is 0.369 e. The third-order valence-electron chi connectivity index (χ3n) is 5.88. The summed E-state index contributed by atoms with van der Waals surface area (Å²) in [5.41, 5.74) is 0.164. The van der Waals surface area contributed by atoms with E-state index in [-0.39, 0.29) is 29.6 Å². The zero-order valence-electron chi connectivity index (χ0n) is 16.5. The quantitative estimate of drug-likeness (QED) is 0.803. The van der Waals surface area contributed by atoms with Gasteiger partial charge in [-0.25, -0.2) is 14.1 Å². The molecule has 2 saturated heterocycles. The molecular formula is C20H29FN4O2. The number of rotatable bonds is 5. The first-order chi connectivity index (χ1) is 12.8. The highest BCUT2D eigenvalue weighted by Gasteiger charge is 2.55. The summed E-state index contributed by atoms with van der Waals surface area (Å²) in [6.45, 7) is 11.2. The number of imide groups is 1. The van der Waals surface area contributed by atoms with Crippen molar-refractivity contribution in [3.63, 3.8) is 0 Å². The van der Waals surface area contributed by atoms with E-state index in [4.69, 9.17) is 0 Å². The fourth-order valence-electron chi connectivity index (χ4n) is 4.19. The highest BCUT2D eigenvalue weighted by molar-refractivity contribution is 6.07. The number of hydrogen-bond acceptors (Lipinski definition) is 4. The number of piperazine rings is 1. The molecule has 0 aromatic heterocycles. The number of urea groups is 1. The third kappa shape index (κ3) is 3.52. The van der Waals surface area contributed by atoms with Crippen LogP contribution in [0.4, 0.5) is 14.9 Å². The van der Waals surface area contributed by atoms with Gasteiger partial charge in [0.15, 0.2) is 0 Å². The Morgan fingerprint density at radius 2 is 1.56 bits per heavy atom. The number of nitrogens with zero attached hydrogens (tertiary/aromatic N) is 3. The van der Waals surface area contributed by atoms with Crippen LogP contribution in [0.25, 0.3) is 0 Å². The molecule has 1 N–H and O–H groups in total. The Kier molecular flexibility index (Phi) is 5.42. The fourth-order valence-corrected chi connectivity index (χ4v) is 4.19. The molecule has 6 nitrogen and oxygen atoms in total. The maximum Gasteiger partial charge on any atom is 0.326 e. The van der Waals surface area contributed by atoms with Crippen LogP contribution in [-0.4, -0.2) is 60.1 Å². The molecule has 2 aliphatic rings. The first kappa shape index (κ1) is 19.6. The van der Waals surface area contributed by atoms with Crippen LogP contribution in [0.2, 0.25) is 0 Å². The Hall–Kier alpha value is -2.15. The predicted molar refractivity (Wildman–Crippen MR) is 103 cm³/mol. The summed E-state index contributed by atoms with van der Waals surface area (Å²) < 4.78 is 13.1. The van der Waals surface area contributed by atoms with E-state index in [1.165, 1.54) is 17.0 Å². The highest BCUT2D eigenvalue weighted by atomic mass is 19.1. The molecule has 0 aliphatic carbocycles. The molecule has 7 heteroatoms. The second-order valence-corrected chi connectivity index (χ2v) is 8.06. The molecule has 0 atom stereocenters. The van der Waals surface area contributed by atoms with Crippen LogP contribution in [0.15, 0.2) is 24.3 Å². The molecule has 2 fully saturated rings. The van der Waals surface area contributed by atoms with Crippen LogP contribution in [0.5, 0.6) is 0 Å². The van der Waals surface area contributed by atoms with Crippen molar-refractivity contribution < 1.29 is 14.0 Å². The number of carbonyl (C=O) groups is 2. The molecule has 148 valence electrons. The van der Waals surface area contributed by atoms with Gasteiger partial charge in [-0.1, -0.05) is 27.7 Å². The Bertz CT molecular complexity index is 688. The lowest BCUT2D eigenvalue weighted by atomic mass is 9.77. The molecular weight excluding hydrogens is 347 g/mol. The number of halogens is 1. The summed E-state index contributed by atoms with van der Waals surface area (Å²) in [6, 6.07) is 6.19. The van der Waals surface area contributed by atoms with Gasteiger partial charge in [-0.2, -0.15) is 0 Å². The van der Waals surface area contributed by atoms with Crippen LogP contribution in [0.1, 0.15) is 27.7 Å². The topological polar surface area (TPSA) is 55.9 Å². The molecule has 3 amide bonds. The molecule has 1 aromatic rings. The first-order valence-electron chi connectivity index (χ1n) is 9.62. The lowest BCUT2D eigenvalue weighted by Gasteiger charge is -2.38. The molecule has 1 aromatic carbocycles. The summed E-state index contributed by atoms with van der Waals surface area (Å²) in [5, 5.41) is 2.96. The lowest BCUT2D eigenvalue weighted by molar-refractivity contribution is -0.136. The van der Waals surface area contributed by atoms with Gasteiger partial charge in [0.05, 0.1) is 6.67 Å². The lowest BCUT2D eigenvalue weighted by Crippen LogP contribution is -2.56. The van der Waals surface area contributed by atoms with E-state index >= 15 is 0 Å². The van der Waals surface area contributed by atoms with Gasteiger partial charge in [-0.3, -0.25) is 9.69 Å². The fraction of sp³-hybridized carbons (Fsp3) is 0.600. The molecule has 27 heavy (non-hydrogen) atoms. The summed E-state index contributed by atoms with van der Waals surface area (Å²) in [4.78, 5) is 31.3. The zero-order chi connectivity index (χ0) is 19.8. The van der Waals surface area contributed by atoms with Crippen LogP contribution < -0.4 is 10.2 Å². The van der Waals surface area contributed by atoms with E-state index in [0.717, 1.165) is 31.9 Å². The average molecular weight is 376 g/mol. The van der Waals surface area contributed by atoms with Crippen molar-refractivity contribution in [1.29, 1.82) is 0 Å². The van der Waals surface area contributed by atoms with Gasteiger partial charge in [0.1, 0.15) is 11.4 Å². The Morgan fingerprint density at radius 1 is 1.00 bits per heavy atom. The van der Waals surface area contributed by atoms with Crippen molar-refractivity contribution >= 4 is 17.6 Å². The minimum atomic E-state index is -0.826. The van der Waals surface area contributed by atoms with Crippen molar-refractivity contribution in [3.8, 4) is 0 Å². The van der Waals surface area contributed by atoms with E-state index < -0.39 is 5.54 Å². The molecule has 3 rings (SSSR count). The average Bonchev–Trinajstić information content (AvgIpc) is 2.89. The van der Waals surface area contributed by atoms with Gasteiger partial charge in [-0.15, -0.1) is 0 Å². The normalized spacial score (nSPS) is 20.7. The van der Waals surface area contributed by atoms with E-state index in [0.29, 0.717) is 6.67 Å². The van der Waals surface area contributed by atoms with Gasteiger partial charge in [0.25, 0.3) is 5.91 Å². The maximum absolute atomic E-state index is 13.1. The molecule has 2 heterocycles. The van der Waals surface area contributed by atoms with E-state index in [1.807, 2.05) is 27.7 Å². The summed E-state index contributed by atoms with van der Waals surface area (Å²) in [5.74, 6) is -0.322. The monoisotopic (exact) mass is 376 g/mol. The first-order valence-corrected chi connectivity index (χ1v) is 9.62. The summed E-state index contributed by atoms with van der Waals surface area (Å²) in [6.07, 6.45) is 0. The van der Waals surface area contributed by atoms with Crippen LogP contribution in [-0.2, 0) is 4.79 Å². The summed E-state index contributed by atoms with van der Waals surface area (Å²) in [7, 11) is 0. The van der Waals surface area contributed by atoms with Gasteiger partial charge < -0.3 is 10.2 Å². The minimum Gasteiger partial charge on any atom is -0.369 e. The smallest absolute Gasteiger partial charge is 0.326 e. The number of anilines is 1. The summed E-state index contributed by atoms with van der Waals surface area (Å²) >= 11 is 0. The predicted octanol–water partition coefficient (Wildman–Crippen LogP) is 2.51. The van der Waals surface area contributed by atoms with Crippen molar-refractivity contribution in [2.75, 3.05) is 37.7 Å². The second kappa shape index (κ2) is 7.46. The molecule has 0 radical (unpaired) electrons. The van der Waals surface area contributed by atoms with Crippen molar-refractivity contribution in [1.82, 2.24) is 15.1 Å². The standard InChI is InChI=1S/C20H29FN4O2/c1-14(2)20(15(3)4)18(26)25(19(27)22-20)13-23-9-11-24(12-10-23)17-7-5-16(21)6-8-17/h5-8,14-15H,9-13H2,1-4H3,(H,22,27). The molecule has 0 bridgehead atoms. The van der Waals surface area contributed by atoms with Crippen molar-refractivity contribution in [3.05, 3.63) is 30.1 Å². The molecule has 0 spiro atoms. The SMILES string of the molecule is CC(C)C1(C(C)C)NC(=O)N(CN2CCN(c3ccc(F)cc3)CC2)C1=O. The number of carbonyl (C=O) groups excluding carboxylic acids is 2. The van der Waals surface area contributed by atoms with E-state index in [2.05, 4.69) is 15.1 Å². The van der Waals surface area contributed by atoms with Gasteiger partial charge >= 0.3 is 6.03 Å². The second-order valence-electron chi connectivity index (χ2n) is 8.06. The number of amides is 3. The molecule has 2 aliphatic heterocycles. The Morgan fingerprint density at radius 3 is 2.04 bits per heavy atom. The maximum atomic E-state index is 13.1. The van der Waals surface area contributed by atoms with Crippen molar-refractivity contribution in [2.24, 2.45) is 11.8 Å². The van der Waals surface area contributed by atoms with E-state index in [9.17, 15) is 14.0 Å². The van der Waals surface area contributed by atoms with Crippen molar-refractivity contribution in [2.45, 2.75) is 33.2 Å². The van der Waals surface area contributed by atoms with Crippen LogP contribution in [0.3, 0.4) is 0 Å². The number of hydrogen-bond donors (Lipinski definition) is 1. The zero-order valence-corrected chi connectivity index (χ0v) is 16.5. The molecule has 0 saturated carbocycles. The van der Waals surface area contributed by atoms with Crippen LogP contribution >= 0.6 is 0 Å². The third-order valence-corrected chi connectivity index (χ3v) is 5.88. The van der Waals surface area contributed by atoms with Gasteiger partial charge in [-0.05, 0) is 36.1 Å². The van der Waals surface area contributed by atoms with E-state index in [1.54, 1.807) is 12.1 Å². The van der Waals surface area contributed by atoms with Crippen LogP contribution in [0, 0.1) is 17.7 Å². The minimum absolute atomic E-state index is 0.0225. The highest BCUT2D eigenvalue weighted by Crippen LogP contribution is 2.33. The Balaban J connectivity index is 1.62. The van der Waals surface area contributed by atoms with Gasteiger partial charge in [0.2, 0.25) is 0 Å². The number of benzene rings is 1. The molecule has 0 unspecified atom stereocenters. The van der Waals surface area contributed by atoms with Gasteiger partial charge in [0, 0.05) is 31.9 Å².